The van der Waals surface area contributed by atoms with Crippen molar-refractivity contribution in [2.75, 3.05) is 26.2 Å². The number of carbonyl (C=O) groups is 2. The van der Waals surface area contributed by atoms with Crippen molar-refractivity contribution >= 4 is 11.8 Å². The number of likely N-dealkylation sites (tertiary alicyclic amines) is 1. The average Bonchev–Trinajstić information content (AvgIpc) is 2.52. The predicted octanol–water partition coefficient (Wildman–Crippen LogP) is 1.45. The minimum atomic E-state index is -0.310. The Balaban J connectivity index is 1.95. The lowest BCUT2D eigenvalue weighted by Crippen LogP contribution is -2.52. The molecule has 2 heterocycles. The third kappa shape index (κ3) is 4.83. The molecule has 1 saturated heterocycles. The molecule has 2 aliphatic heterocycles. The highest BCUT2D eigenvalue weighted by Gasteiger charge is 2.31. The molecule has 0 saturated carbocycles. The van der Waals surface area contributed by atoms with Crippen LogP contribution >= 0.6 is 0 Å². The molecule has 0 radical (unpaired) electrons. The molecule has 22 heavy (non-hydrogen) atoms. The Morgan fingerprint density at radius 1 is 1.36 bits per heavy atom. The van der Waals surface area contributed by atoms with Crippen molar-refractivity contribution in [3.63, 3.8) is 0 Å². The van der Waals surface area contributed by atoms with Crippen molar-refractivity contribution in [2.24, 2.45) is 5.92 Å². The first-order valence-corrected chi connectivity index (χ1v) is 8.53. The van der Waals surface area contributed by atoms with E-state index in [1.54, 1.807) is 4.90 Å². The van der Waals surface area contributed by atoms with Crippen LogP contribution < -0.4 is 10.6 Å². The molecule has 1 unspecified atom stereocenters. The molecule has 1 atom stereocenters. The molecular weight excluding hydrogens is 278 g/mol. The van der Waals surface area contributed by atoms with Crippen molar-refractivity contribution in [1.29, 1.82) is 0 Å². The molecule has 5 heteroatoms. The van der Waals surface area contributed by atoms with E-state index in [1.807, 2.05) is 0 Å². The maximum atomic E-state index is 12.6. The van der Waals surface area contributed by atoms with Crippen LogP contribution in [0.5, 0.6) is 0 Å². The molecule has 0 spiro atoms. The summed E-state index contributed by atoms with van der Waals surface area (Å²) >= 11 is 0. The quantitative estimate of drug-likeness (QED) is 0.730. The Morgan fingerprint density at radius 2 is 2.18 bits per heavy atom. The van der Waals surface area contributed by atoms with Gasteiger partial charge in [0.1, 0.15) is 6.04 Å². The highest BCUT2D eigenvalue weighted by atomic mass is 16.2. The van der Waals surface area contributed by atoms with Crippen LogP contribution in [0.2, 0.25) is 0 Å². The van der Waals surface area contributed by atoms with Gasteiger partial charge in [0.25, 0.3) is 0 Å². The van der Waals surface area contributed by atoms with Crippen molar-refractivity contribution in [1.82, 2.24) is 15.5 Å². The van der Waals surface area contributed by atoms with Crippen LogP contribution in [0.25, 0.3) is 0 Å². The molecule has 1 fully saturated rings. The van der Waals surface area contributed by atoms with E-state index in [9.17, 15) is 9.59 Å². The Hall–Kier alpha value is -1.36. The lowest BCUT2D eigenvalue weighted by atomic mass is 9.98. The second-order valence-electron chi connectivity index (χ2n) is 6.72. The fourth-order valence-electron chi connectivity index (χ4n) is 3.13. The number of piperidine rings is 1. The van der Waals surface area contributed by atoms with Gasteiger partial charge in [0.2, 0.25) is 11.8 Å². The Kier molecular flexibility index (Phi) is 6.43. The molecule has 2 N–H and O–H groups in total. The molecule has 0 aliphatic carbocycles. The number of hydrogen-bond donors (Lipinski definition) is 2. The number of rotatable bonds is 6. The zero-order chi connectivity index (χ0) is 15.9. The van der Waals surface area contributed by atoms with E-state index in [2.05, 4.69) is 30.6 Å². The molecule has 0 aromatic carbocycles. The van der Waals surface area contributed by atoms with Crippen molar-refractivity contribution in [2.45, 2.75) is 52.0 Å². The van der Waals surface area contributed by atoms with Crippen LogP contribution in [-0.2, 0) is 9.59 Å². The fraction of sp³-hybridized carbons (Fsp3) is 0.765. The van der Waals surface area contributed by atoms with E-state index >= 15 is 0 Å². The summed E-state index contributed by atoms with van der Waals surface area (Å²) in [6.07, 6.45) is 6.40. The van der Waals surface area contributed by atoms with Crippen LogP contribution in [0.15, 0.2) is 11.6 Å². The first kappa shape index (κ1) is 17.0. The SMILES string of the molecule is CC(C)CC(C(=O)NCC1=CCNCC1)N1CCCCC1=O. The molecule has 0 bridgehead atoms. The van der Waals surface area contributed by atoms with Gasteiger partial charge in [0.15, 0.2) is 0 Å². The van der Waals surface area contributed by atoms with Gasteiger partial charge in [-0.3, -0.25) is 9.59 Å². The Labute approximate surface area is 133 Å². The lowest BCUT2D eigenvalue weighted by molar-refractivity contribution is -0.143. The van der Waals surface area contributed by atoms with Gasteiger partial charge < -0.3 is 15.5 Å². The zero-order valence-electron chi connectivity index (χ0n) is 13.9. The fourth-order valence-corrected chi connectivity index (χ4v) is 3.13. The molecule has 124 valence electrons. The van der Waals surface area contributed by atoms with E-state index in [-0.39, 0.29) is 17.9 Å². The van der Waals surface area contributed by atoms with E-state index in [0.717, 1.165) is 45.3 Å². The number of carbonyl (C=O) groups excluding carboxylic acids is 2. The molecule has 2 amide bonds. The van der Waals surface area contributed by atoms with E-state index in [0.29, 0.717) is 18.9 Å². The van der Waals surface area contributed by atoms with Gasteiger partial charge in [-0.2, -0.15) is 0 Å². The molecule has 5 nitrogen and oxygen atoms in total. The summed E-state index contributed by atoms with van der Waals surface area (Å²) in [7, 11) is 0. The maximum Gasteiger partial charge on any atom is 0.243 e. The summed E-state index contributed by atoms with van der Waals surface area (Å²) in [5.74, 6) is 0.528. The van der Waals surface area contributed by atoms with Gasteiger partial charge in [0, 0.05) is 26.1 Å². The normalized spacial score (nSPS) is 20.8. The van der Waals surface area contributed by atoms with Crippen LogP contribution in [0.1, 0.15) is 46.0 Å². The van der Waals surface area contributed by atoms with Gasteiger partial charge in [0.05, 0.1) is 0 Å². The van der Waals surface area contributed by atoms with Crippen molar-refractivity contribution < 1.29 is 9.59 Å². The molecule has 0 aromatic rings. The van der Waals surface area contributed by atoms with Crippen LogP contribution in [0.4, 0.5) is 0 Å². The van der Waals surface area contributed by atoms with Gasteiger partial charge in [-0.15, -0.1) is 0 Å². The minimum absolute atomic E-state index is 0.00313. The Morgan fingerprint density at radius 3 is 2.82 bits per heavy atom. The van der Waals surface area contributed by atoms with Crippen LogP contribution in [0, 0.1) is 5.92 Å². The number of hydrogen-bond acceptors (Lipinski definition) is 3. The van der Waals surface area contributed by atoms with Gasteiger partial charge in [-0.1, -0.05) is 25.5 Å². The highest BCUT2D eigenvalue weighted by Crippen LogP contribution is 2.19. The third-order valence-electron chi connectivity index (χ3n) is 4.38. The molecule has 2 aliphatic rings. The summed E-state index contributed by atoms with van der Waals surface area (Å²) in [6.45, 7) is 7.38. The monoisotopic (exact) mass is 307 g/mol. The topological polar surface area (TPSA) is 61.4 Å². The van der Waals surface area contributed by atoms with E-state index in [4.69, 9.17) is 0 Å². The predicted molar refractivity (Wildman–Crippen MR) is 87.4 cm³/mol. The second kappa shape index (κ2) is 8.32. The zero-order valence-corrected chi connectivity index (χ0v) is 13.9. The van der Waals surface area contributed by atoms with Crippen LogP contribution in [0.3, 0.4) is 0 Å². The smallest absolute Gasteiger partial charge is 0.243 e. The van der Waals surface area contributed by atoms with E-state index in [1.165, 1.54) is 5.57 Å². The standard InChI is InChI=1S/C17H29N3O2/c1-13(2)11-15(20-10-4-3-5-16(20)21)17(22)19-12-14-6-8-18-9-7-14/h6,13,15,18H,3-5,7-12H2,1-2H3,(H,19,22). The summed E-state index contributed by atoms with van der Waals surface area (Å²) in [5, 5.41) is 6.31. The minimum Gasteiger partial charge on any atom is -0.351 e. The molecule has 2 rings (SSSR count). The first-order chi connectivity index (χ1) is 10.6. The van der Waals surface area contributed by atoms with Crippen LogP contribution in [-0.4, -0.2) is 48.9 Å². The maximum absolute atomic E-state index is 12.6. The van der Waals surface area contributed by atoms with Gasteiger partial charge in [-0.25, -0.2) is 0 Å². The van der Waals surface area contributed by atoms with Crippen molar-refractivity contribution in [3.8, 4) is 0 Å². The summed E-state index contributed by atoms with van der Waals surface area (Å²) in [4.78, 5) is 26.6. The number of amides is 2. The summed E-state index contributed by atoms with van der Waals surface area (Å²) < 4.78 is 0. The summed E-state index contributed by atoms with van der Waals surface area (Å²) in [6, 6.07) is -0.310. The lowest BCUT2D eigenvalue weighted by Gasteiger charge is -2.34. The summed E-state index contributed by atoms with van der Waals surface area (Å²) in [5.41, 5.74) is 1.28. The molecular formula is C17H29N3O2. The first-order valence-electron chi connectivity index (χ1n) is 8.53. The van der Waals surface area contributed by atoms with E-state index < -0.39 is 0 Å². The number of nitrogens with one attached hydrogen (secondary N) is 2. The number of nitrogens with zero attached hydrogens (tertiary/aromatic N) is 1. The Bertz CT molecular complexity index is 432. The third-order valence-corrected chi connectivity index (χ3v) is 4.38. The largest absolute Gasteiger partial charge is 0.351 e. The highest BCUT2D eigenvalue weighted by molar-refractivity contribution is 5.88. The van der Waals surface area contributed by atoms with Gasteiger partial charge in [-0.05, 0) is 38.1 Å². The van der Waals surface area contributed by atoms with Crippen molar-refractivity contribution in [3.05, 3.63) is 11.6 Å². The molecule has 0 aromatic heterocycles. The van der Waals surface area contributed by atoms with Gasteiger partial charge >= 0.3 is 0 Å². The second-order valence-corrected chi connectivity index (χ2v) is 6.72. The average molecular weight is 307 g/mol.